The molecule has 0 N–H and O–H groups in total. The molecule has 0 fully saturated rings. The average molecular weight is 201 g/mol. The number of allylic oxidation sites excluding steroid dienone is 5. The van der Waals surface area contributed by atoms with Crippen molar-refractivity contribution in [2.75, 3.05) is 7.11 Å². The number of rotatable bonds is 2. The van der Waals surface area contributed by atoms with Crippen molar-refractivity contribution in [1.82, 2.24) is 4.68 Å². The number of methoxy groups -OCH3 is 1. The zero-order valence-electron chi connectivity index (χ0n) is 8.90. The Hall–Kier alpha value is -1.95. The first-order valence-corrected chi connectivity index (χ1v) is 4.85. The Morgan fingerprint density at radius 3 is 3.07 bits per heavy atom. The summed E-state index contributed by atoms with van der Waals surface area (Å²) >= 11 is 0. The molecule has 0 radical (unpaired) electrons. The van der Waals surface area contributed by atoms with Crippen LogP contribution in [0.5, 0.6) is 0 Å². The Bertz CT molecular complexity index is 424. The number of hydrogen-bond donors (Lipinski definition) is 0. The van der Waals surface area contributed by atoms with Crippen LogP contribution in [0.15, 0.2) is 41.8 Å². The van der Waals surface area contributed by atoms with Gasteiger partial charge in [0.25, 0.3) is 0 Å². The van der Waals surface area contributed by atoms with Crippen LogP contribution >= 0.6 is 0 Å². The first-order valence-electron chi connectivity index (χ1n) is 4.85. The maximum absolute atomic E-state index is 5.32. The van der Waals surface area contributed by atoms with Crippen molar-refractivity contribution in [1.29, 1.82) is 0 Å². The third-order valence-corrected chi connectivity index (χ3v) is 2.35. The fourth-order valence-corrected chi connectivity index (χ4v) is 1.51. The van der Waals surface area contributed by atoms with E-state index in [1.54, 1.807) is 17.9 Å². The molecule has 1 aromatic rings. The third kappa shape index (κ3) is 1.94. The highest BCUT2D eigenvalue weighted by Gasteiger charge is 2.10. The van der Waals surface area contributed by atoms with E-state index in [1.165, 1.54) is 5.57 Å². The highest BCUT2D eigenvalue weighted by molar-refractivity contribution is 5.60. The first-order chi connectivity index (χ1) is 7.31. The number of aromatic nitrogens is 2. The summed E-state index contributed by atoms with van der Waals surface area (Å²) in [5.41, 5.74) is 2.21. The van der Waals surface area contributed by atoms with Crippen LogP contribution in [0.1, 0.15) is 13.3 Å². The van der Waals surface area contributed by atoms with Gasteiger partial charge in [-0.05, 0) is 29.7 Å². The highest BCUT2D eigenvalue weighted by atomic mass is 16.5. The van der Waals surface area contributed by atoms with Crippen molar-refractivity contribution < 1.29 is 9.84 Å². The zero-order chi connectivity index (χ0) is 10.7. The smallest absolute Gasteiger partial charge is 0.352 e. The maximum atomic E-state index is 5.32. The summed E-state index contributed by atoms with van der Waals surface area (Å²) in [4.78, 5) is 0. The number of ether oxygens (including phenoxy) is 1. The van der Waals surface area contributed by atoms with E-state index in [0.29, 0.717) is 0 Å². The van der Waals surface area contributed by atoms with E-state index in [0.717, 1.165) is 17.9 Å². The summed E-state index contributed by atoms with van der Waals surface area (Å²) in [6.07, 6.45) is 11.7. The quantitative estimate of drug-likeness (QED) is 0.727. The van der Waals surface area contributed by atoms with Crippen molar-refractivity contribution in [2.24, 2.45) is 0 Å². The maximum Gasteiger partial charge on any atom is 0.352 e. The molecule has 0 spiro atoms. The SMILES string of the molecule is COC1=C(C)CC=CC(n2ccc#[n+]2)=C1. The van der Waals surface area contributed by atoms with Gasteiger partial charge in [0.2, 0.25) is 0 Å². The Morgan fingerprint density at radius 2 is 2.40 bits per heavy atom. The van der Waals surface area contributed by atoms with Crippen LogP contribution in [0.4, 0.5) is 0 Å². The van der Waals surface area contributed by atoms with Gasteiger partial charge in [0.15, 0.2) is 0 Å². The van der Waals surface area contributed by atoms with Gasteiger partial charge in [0.1, 0.15) is 17.7 Å². The molecule has 1 aliphatic carbocycles. The lowest BCUT2D eigenvalue weighted by molar-refractivity contribution is -0.397. The van der Waals surface area contributed by atoms with E-state index < -0.39 is 0 Å². The van der Waals surface area contributed by atoms with Crippen LogP contribution < -0.4 is 5.10 Å². The molecular weight excluding hydrogens is 188 g/mol. The van der Waals surface area contributed by atoms with Gasteiger partial charge in [0, 0.05) is 6.08 Å². The lowest BCUT2D eigenvalue weighted by Crippen LogP contribution is -2.09. The van der Waals surface area contributed by atoms with Gasteiger partial charge in [0.05, 0.1) is 18.3 Å². The van der Waals surface area contributed by atoms with Crippen LogP contribution in [0.3, 0.4) is 0 Å². The first kappa shape index (κ1) is 9.60. The molecule has 3 nitrogen and oxygen atoms in total. The molecule has 2 rings (SSSR count). The summed E-state index contributed by atoms with van der Waals surface area (Å²) in [5, 5.41) is 4.07. The molecule has 0 saturated heterocycles. The fraction of sp³-hybridized carbons (Fsp3) is 0.250. The monoisotopic (exact) mass is 201 g/mol. The van der Waals surface area contributed by atoms with Gasteiger partial charge in [-0.15, -0.1) is 0 Å². The Balaban J connectivity index is 2.41. The topological polar surface area (TPSA) is 28.3 Å². The van der Waals surface area contributed by atoms with Crippen molar-refractivity contribution in [2.45, 2.75) is 13.3 Å². The second kappa shape index (κ2) is 4.05. The van der Waals surface area contributed by atoms with Crippen LogP contribution in [0.2, 0.25) is 0 Å². The molecule has 0 saturated carbocycles. The van der Waals surface area contributed by atoms with Gasteiger partial charge in [-0.1, -0.05) is 6.08 Å². The minimum atomic E-state index is 0.908. The Kier molecular flexibility index (Phi) is 2.59. The molecule has 0 atom stereocenters. The van der Waals surface area contributed by atoms with E-state index in [4.69, 9.17) is 4.74 Å². The summed E-state index contributed by atoms with van der Waals surface area (Å²) in [5.74, 6) is 0.908. The predicted molar refractivity (Wildman–Crippen MR) is 56.6 cm³/mol. The molecule has 1 aromatic heterocycles. The highest BCUT2D eigenvalue weighted by Crippen LogP contribution is 2.19. The largest absolute Gasteiger partial charge is 0.497 e. The van der Waals surface area contributed by atoms with Crippen molar-refractivity contribution in [3.05, 3.63) is 48.0 Å². The molecule has 15 heavy (non-hydrogen) atoms. The fourth-order valence-electron chi connectivity index (χ4n) is 1.51. The van der Waals surface area contributed by atoms with Crippen LogP contribution in [-0.2, 0) is 4.74 Å². The summed E-state index contributed by atoms with van der Waals surface area (Å²) in [6.45, 7) is 2.07. The summed E-state index contributed by atoms with van der Waals surface area (Å²) in [6, 6.07) is 1.78. The molecule has 0 unspecified atom stereocenters. The van der Waals surface area contributed by atoms with Crippen molar-refractivity contribution in [3.8, 4) is 0 Å². The van der Waals surface area contributed by atoms with E-state index in [1.807, 2.05) is 18.3 Å². The zero-order valence-corrected chi connectivity index (χ0v) is 8.90. The lowest BCUT2D eigenvalue weighted by atomic mass is 10.2. The second-order valence-electron chi connectivity index (χ2n) is 3.41. The van der Waals surface area contributed by atoms with Crippen molar-refractivity contribution >= 4 is 5.70 Å². The third-order valence-electron chi connectivity index (χ3n) is 2.35. The minimum absolute atomic E-state index is 0.908. The molecule has 0 aliphatic heterocycles. The number of hydrogen-bond acceptors (Lipinski definition) is 1. The molecule has 0 amide bonds. The Morgan fingerprint density at radius 1 is 1.53 bits per heavy atom. The normalized spacial score (nSPS) is 15.7. The van der Waals surface area contributed by atoms with Gasteiger partial charge >= 0.3 is 6.20 Å². The van der Waals surface area contributed by atoms with Gasteiger partial charge in [-0.3, -0.25) is 0 Å². The molecule has 76 valence electrons. The second-order valence-corrected chi connectivity index (χ2v) is 3.41. The predicted octanol–water partition coefficient (Wildman–Crippen LogP) is 1.61. The molecular formula is C12H13N2O+. The minimum Gasteiger partial charge on any atom is -0.497 e. The van der Waals surface area contributed by atoms with E-state index in [9.17, 15) is 0 Å². The van der Waals surface area contributed by atoms with E-state index >= 15 is 0 Å². The number of nitrogens with zero attached hydrogens (tertiary/aromatic N) is 2. The summed E-state index contributed by atoms with van der Waals surface area (Å²) in [7, 11) is 1.69. The van der Waals surface area contributed by atoms with Crippen LogP contribution in [0.25, 0.3) is 5.70 Å². The molecule has 0 bridgehead atoms. The van der Waals surface area contributed by atoms with Crippen molar-refractivity contribution in [3.63, 3.8) is 0 Å². The van der Waals surface area contributed by atoms with Gasteiger partial charge in [-0.2, -0.15) is 0 Å². The van der Waals surface area contributed by atoms with E-state index in [2.05, 4.69) is 24.3 Å². The van der Waals surface area contributed by atoms with Crippen LogP contribution in [-0.4, -0.2) is 11.8 Å². The standard InChI is InChI=1S/C12H13N2O/c1-10-5-3-6-11(9-12(10)15-2)14-8-4-7-13-14/h3-4,6,8-9H,5H2,1-2H3/q+1. The molecule has 3 heteroatoms. The van der Waals surface area contributed by atoms with Gasteiger partial charge < -0.3 is 4.74 Å². The molecule has 1 heterocycles. The Labute approximate surface area is 89.4 Å². The summed E-state index contributed by atoms with van der Waals surface area (Å²) < 4.78 is 7.10. The van der Waals surface area contributed by atoms with Crippen LogP contribution in [0, 0.1) is 6.20 Å². The molecule has 0 aromatic carbocycles. The van der Waals surface area contributed by atoms with E-state index in [-0.39, 0.29) is 0 Å². The molecule has 1 aliphatic rings. The average Bonchev–Trinajstić information content (AvgIpc) is 2.70. The van der Waals surface area contributed by atoms with Gasteiger partial charge in [-0.25, -0.2) is 0 Å². The lowest BCUT2D eigenvalue weighted by Gasteiger charge is -2.03.